The second kappa shape index (κ2) is 1310. The monoisotopic (exact) mass is 866 g/mol. The molecule has 0 aromatic carbocycles. The van der Waals surface area contributed by atoms with Crippen LogP contribution in [0.2, 0.25) is 0 Å². The van der Waals surface area contributed by atoms with Gasteiger partial charge in [0.25, 0.3) is 0 Å². The van der Waals surface area contributed by atoms with Crippen LogP contribution in [0.15, 0.2) is 0 Å². The van der Waals surface area contributed by atoms with Crippen molar-refractivity contribution >= 4 is 0 Å². The van der Waals surface area contributed by atoms with E-state index in [1.54, 1.807) is 0 Å². The molecule has 12 nitrogen and oxygen atoms in total. The maximum absolute atomic E-state index is 6.25. The third-order valence-corrected chi connectivity index (χ3v) is 0. The predicted octanol–water partition coefficient (Wildman–Crippen LogP) is 1.14. The minimum Gasteiger partial charge on any atom is -0.512 e. The van der Waals surface area contributed by atoms with Gasteiger partial charge in [-0.15, -0.1) is 0 Å². The molecular formula is C12Fe3Ir2N12. The molecule has 0 heterocycles. The Morgan fingerprint density at radius 2 is 0.172 bits per heavy atom. The summed E-state index contributed by atoms with van der Waals surface area (Å²) < 4.78 is 0. The standard InChI is InChI=1S/12CN.3Fe.2Ir/c12*1-2;;;;;/q12*-1;3*+2;2*+3. The van der Waals surface area contributed by atoms with Gasteiger partial charge in [-0.25, -0.2) is 0 Å². The summed E-state index contributed by atoms with van der Waals surface area (Å²) in [7, 11) is 0. The smallest absolute Gasteiger partial charge is 0.512 e. The Bertz CT molecular complexity index is 234. The summed E-state index contributed by atoms with van der Waals surface area (Å²) in [6.07, 6.45) is 0. The largest absolute Gasteiger partial charge is 3.00 e. The Morgan fingerprint density at radius 3 is 0.172 bits per heavy atom. The van der Waals surface area contributed by atoms with E-state index in [-0.39, 0.29) is 91.4 Å². The van der Waals surface area contributed by atoms with Crippen LogP contribution in [0.1, 0.15) is 0 Å². The first-order valence-electron chi connectivity index (χ1n) is 2.68. The molecule has 0 N–H and O–H groups in total. The van der Waals surface area contributed by atoms with Crippen molar-refractivity contribution in [1.82, 2.24) is 0 Å². The van der Waals surface area contributed by atoms with Crippen molar-refractivity contribution < 1.29 is 91.4 Å². The summed E-state index contributed by atoms with van der Waals surface area (Å²) in [6.45, 7) is 57.0. The van der Waals surface area contributed by atoms with Gasteiger partial charge in [-0.1, -0.05) is 0 Å². The van der Waals surface area contributed by atoms with Crippen molar-refractivity contribution in [3.8, 4) is 0 Å². The fourth-order valence-corrected chi connectivity index (χ4v) is 0. The molecule has 29 heavy (non-hydrogen) atoms. The number of nitrogens with zero attached hydrogens (tertiary/aromatic N) is 12. The summed E-state index contributed by atoms with van der Waals surface area (Å²) in [5.41, 5.74) is 0. The number of hydrogen-bond acceptors (Lipinski definition) is 12. The van der Waals surface area contributed by atoms with Crippen LogP contribution >= 0.6 is 0 Å². The van der Waals surface area contributed by atoms with Gasteiger partial charge in [0.15, 0.2) is 0 Å². The van der Waals surface area contributed by atoms with Crippen LogP contribution in [0.4, 0.5) is 0 Å². The molecule has 0 saturated heterocycles. The summed E-state index contributed by atoms with van der Waals surface area (Å²) >= 11 is 0. The maximum Gasteiger partial charge on any atom is 3.00 e. The van der Waals surface area contributed by atoms with E-state index in [9.17, 15) is 0 Å². The summed E-state index contributed by atoms with van der Waals surface area (Å²) in [6, 6.07) is 0. The Labute approximate surface area is 231 Å². The van der Waals surface area contributed by atoms with Crippen molar-refractivity contribution in [3.05, 3.63) is 78.9 Å². The molecule has 0 atom stereocenters. The molecule has 0 rings (SSSR count). The van der Waals surface area contributed by atoms with Crippen LogP contribution < -0.4 is 0 Å². The Hall–Kier alpha value is -3.26. The Morgan fingerprint density at radius 1 is 0.172 bits per heavy atom. The molecule has 0 aliphatic heterocycles. The summed E-state index contributed by atoms with van der Waals surface area (Å²) in [4.78, 5) is 0. The third kappa shape index (κ3) is 1200. The van der Waals surface area contributed by atoms with E-state index in [1.165, 1.54) is 0 Å². The Kier molecular flexibility index (Phi) is 9310. The first-order chi connectivity index (χ1) is 12.0. The number of hydrogen-bond donors (Lipinski definition) is 0. The van der Waals surface area contributed by atoms with Gasteiger partial charge in [-0.3, -0.25) is 0 Å². The normalized spacial score (nSPS) is 0.828. The average Bonchev–Trinajstić information content (AvgIpc) is 2.84. The van der Waals surface area contributed by atoms with Crippen LogP contribution in [-0.2, 0) is 91.4 Å². The first-order valence-corrected chi connectivity index (χ1v) is 2.68. The van der Waals surface area contributed by atoms with E-state index < -0.39 is 0 Å². The molecular weight excluding hydrogens is 864 g/mol. The zero-order valence-electron chi connectivity index (χ0n) is 13.1. The molecule has 0 unspecified atom stereocenters. The molecule has 0 spiro atoms. The molecule has 0 saturated carbocycles. The van der Waals surface area contributed by atoms with Gasteiger partial charge in [0.05, 0.1) is 0 Å². The third-order valence-electron chi connectivity index (χ3n) is 0. The van der Waals surface area contributed by atoms with Crippen molar-refractivity contribution in [2.45, 2.75) is 0 Å². The van der Waals surface area contributed by atoms with Gasteiger partial charge in [-0.05, 0) is 0 Å². The van der Waals surface area contributed by atoms with Gasteiger partial charge < -0.3 is 142 Å². The van der Waals surface area contributed by atoms with Gasteiger partial charge in [0.2, 0.25) is 0 Å². The SMILES string of the molecule is [C-]#N.[C-]#N.[C-]#N.[C-]#N.[C-]#N.[C-]#N.[C-]#N.[C-]#N.[C-]#N.[C-]#N.[C-]#N.[C-]#N.[Fe+2].[Fe+2].[Fe+2].[Ir+3].[Ir+3]. The first kappa shape index (κ1) is 206. The van der Waals surface area contributed by atoms with E-state index in [2.05, 4.69) is 0 Å². The van der Waals surface area contributed by atoms with Crippen LogP contribution in [0.3, 0.4) is 0 Å². The van der Waals surface area contributed by atoms with E-state index >= 15 is 0 Å². The quantitative estimate of drug-likeness (QED) is 0.245. The predicted molar refractivity (Wildman–Crippen MR) is 59.6 cm³/mol. The summed E-state index contributed by atoms with van der Waals surface area (Å²) in [5, 5.41) is 75.0. The van der Waals surface area contributed by atoms with E-state index in [1.807, 2.05) is 0 Å². The van der Waals surface area contributed by atoms with E-state index in [0.717, 1.165) is 0 Å². The Balaban J connectivity index is -0.00000000356. The zero-order chi connectivity index (χ0) is 24.0. The molecule has 0 radical (unpaired) electrons. The van der Waals surface area contributed by atoms with Crippen LogP contribution in [0.5, 0.6) is 0 Å². The molecule has 0 bridgehead atoms. The van der Waals surface area contributed by atoms with Crippen LogP contribution in [-0.4, -0.2) is 0 Å². The van der Waals surface area contributed by atoms with Crippen molar-refractivity contribution in [2.75, 3.05) is 0 Å². The van der Waals surface area contributed by atoms with E-state index in [0.29, 0.717) is 0 Å². The molecule has 150 valence electrons. The van der Waals surface area contributed by atoms with Crippen LogP contribution in [0, 0.1) is 142 Å². The average molecular weight is 864 g/mol. The van der Waals surface area contributed by atoms with Crippen molar-refractivity contribution in [3.63, 3.8) is 0 Å². The molecule has 0 aliphatic carbocycles. The molecule has 17 heteroatoms. The van der Waals surface area contributed by atoms with E-state index in [4.69, 9.17) is 142 Å². The van der Waals surface area contributed by atoms with Crippen LogP contribution in [0.25, 0.3) is 0 Å². The van der Waals surface area contributed by atoms with Gasteiger partial charge in [-0.2, -0.15) is 0 Å². The number of rotatable bonds is 0. The second-order valence-corrected chi connectivity index (χ2v) is 0. The fraction of sp³-hybridized carbons (Fsp3) is 0. The molecule has 0 amide bonds. The van der Waals surface area contributed by atoms with Gasteiger partial charge >= 0.3 is 91.4 Å². The zero-order valence-corrected chi connectivity index (χ0v) is 21.2. The van der Waals surface area contributed by atoms with Gasteiger partial charge in [0, 0.05) is 0 Å². The molecule has 0 aliphatic rings. The molecule has 0 fully saturated rings. The minimum atomic E-state index is 0. The summed E-state index contributed by atoms with van der Waals surface area (Å²) in [5.74, 6) is 0. The van der Waals surface area contributed by atoms with Gasteiger partial charge in [0.1, 0.15) is 0 Å². The maximum atomic E-state index is 6.25. The second-order valence-electron chi connectivity index (χ2n) is 0. The molecule has 0 aromatic heterocycles. The topological polar surface area (TPSA) is 285 Å². The van der Waals surface area contributed by atoms with Crippen molar-refractivity contribution in [2.24, 2.45) is 0 Å². The fourth-order valence-electron chi connectivity index (χ4n) is 0. The van der Waals surface area contributed by atoms with Crippen molar-refractivity contribution in [1.29, 1.82) is 63.1 Å². The minimum absolute atomic E-state index is 0. The molecule has 0 aromatic rings.